The van der Waals surface area contributed by atoms with Crippen LogP contribution >= 0.6 is 0 Å². The quantitative estimate of drug-likeness (QED) is 0.470. The highest BCUT2D eigenvalue weighted by Crippen LogP contribution is 2.05. The van der Waals surface area contributed by atoms with Gasteiger partial charge in [-0.3, -0.25) is 0 Å². The lowest BCUT2D eigenvalue weighted by molar-refractivity contribution is -0.147. The minimum Gasteiger partial charge on any atom is -0.450 e. The number of carbonyl (C=O) groups is 1. The summed E-state index contributed by atoms with van der Waals surface area (Å²) >= 11 is 0. The lowest BCUT2D eigenvalue weighted by Gasteiger charge is -2.16. The molecule has 15 heavy (non-hydrogen) atoms. The van der Waals surface area contributed by atoms with E-state index in [9.17, 15) is 4.79 Å². The molecule has 0 amide bonds. The van der Waals surface area contributed by atoms with E-state index in [0.29, 0.717) is 5.82 Å². The Hall–Kier alpha value is -1.89. The highest BCUT2D eigenvalue weighted by atomic mass is 16.6. The molecule has 0 aliphatic rings. The lowest BCUT2D eigenvalue weighted by Crippen LogP contribution is -2.22. The molecule has 0 spiro atoms. The van der Waals surface area contributed by atoms with E-state index in [1.807, 2.05) is 0 Å². The summed E-state index contributed by atoms with van der Waals surface area (Å²) in [6.45, 7) is 5.35. The number of ether oxygens (including phenoxy) is 1. The minimum atomic E-state index is -0.574. The van der Waals surface area contributed by atoms with Gasteiger partial charge in [0.05, 0.1) is 0 Å². The van der Waals surface area contributed by atoms with Crippen molar-refractivity contribution in [1.29, 1.82) is 0 Å². The van der Waals surface area contributed by atoms with Crippen LogP contribution in [0.4, 0.5) is 0 Å². The van der Waals surface area contributed by atoms with Crippen molar-refractivity contribution in [2.75, 3.05) is 0 Å². The second-order valence-corrected chi connectivity index (χ2v) is 3.82. The van der Waals surface area contributed by atoms with Crippen LogP contribution < -0.4 is 0 Å². The lowest BCUT2D eigenvalue weighted by atomic mass is 10.2. The fraction of sp³-hybridized carbons (Fsp3) is 0.364. The maximum Gasteiger partial charge on any atom is 0.385 e. The molecule has 0 aliphatic carbocycles. The van der Waals surface area contributed by atoms with Gasteiger partial charge >= 0.3 is 5.97 Å². The maximum absolute atomic E-state index is 11.2. The van der Waals surface area contributed by atoms with Gasteiger partial charge in [0.15, 0.2) is 0 Å². The molecule has 0 N–H and O–H groups in total. The van der Waals surface area contributed by atoms with Crippen molar-refractivity contribution in [3.8, 4) is 11.8 Å². The predicted octanol–water partition coefficient (Wildman–Crippen LogP) is 1.17. The van der Waals surface area contributed by atoms with Gasteiger partial charge in [-0.1, -0.05) is 0 Å². The fourth-order valence-corrected chi connectivity index (χ4v) is 0.774. The van der Waals surface area contributed by atoms with Gasteiger partial charge in [0.25, 0.3) is 0 Å². The van der Waals surface area contributed by atoms with Gasteiger partial charge in [0, 0.05) is 18.3 Å². The van der Waals surface area contributed by atoms with Crippen LogP contribution in [0.2, 0.25) is 0 Å². The highest BCUT2D eigenvalue weighted by molar-refractivity contribution is 5.89. The van der Waals surface area contributed by atoms with Gasteiger partial charge in [-0.15, -0.1) is 0 Å². The Balaban J connectivity index is 2.64. The van der Waals surface area contributed by atoms with Crippen LogP contribution in [-0.2, 0) is 9.53 Å². The van der Waals surface area contributed by atoms with Crippen molar-refractivity contribution in [3.63, 3.8) is 0 Å². The van der Waals surface area contributed by atoms with Crippen molar-refractivity contribution in [3.05, 3.63) is 24.3 Å². The van der Waals surface area contributed by atoms with Gasteiger partial charge in [-0.05, 0) is 32.8 Å². The van der Waals surface area contributed by atoms with E-state index in [1.165, 1.54) is 0 Å². The van der Waals surface area contributed by atoms with Gasteiger partial charge in [0.2, 0.25) is 5.82 Å². The SMILES string of the molecule is CC(C)(C)OC(=O)C#Cc1ncccn1. The largest absolute Gasteiger partial charge is 0.450 e. The molecule has 0 atom stereocenters. The van der Waals surface area contributed by atoms with E-state index in [2.05, 4.69) is 21.8 Å². The Morgan fingerprint density at radius 2 is 1.93 bits per heavy atom. The first-order valence-corrected chi connectivity index (χ1v) is 4.49. The summed E-state index contributed by atoms with van der Waals surface area (Å²) in [6, 6.07) is 1.68. The van der Waals surface area contributed by atoms with E-state index < -0.39 is 11.6 Å². The monoisotopic (exact) mass is 204 g/mol. The Morgan fingerprint density at radius 1 is 1.33 bits per heavy atom. The third kappa shape index (κ3) is 4.77. The second kappa shape index (κ2) is 4.56. The molecule has 0 saturated carbocycles. The van der Waals surface area contributed by atoms with Gasteiger partial charge < -0.3 is 4.74 Å². The van der Waals surface area contributed by atoms with Gasteiger partial charge in [-0.25, -0.2) is 14.8 Å². The van der Waals surface area contributed by atoms with Crippen molar-refractivity contribution in [2.24, 2.45) is 0 Å². The number of rotatable bonds is 0. The van der Waals surface area contributed by atoms with E-state index in [-0.39, 0.29) is 0 Å². The fourth-order valence-electron chi connectivity index (χ4n) is 0.774. The molecule has 0 saturated heterocycles. The van der Waals surface area contributed by atoms with E-state index in [4.69, 9.17) is 4.74 Å². The zero-order valence-electron chi connectivity index (χ0n) is 8.94. The molecule has 0 radical (unpaired) electrons. The number of hydrogen-bond acceptors (Lipinski definition) is 4. The molecule has 1 aromatic heterocycles. The first kappa shape index (κ1) is 11.2. The molecule has 0 aromatic carbocycles. The number of hydrogen-bond donors (Lipinski definition) is 0. The molecule has 0 fully saturated rings. The molecule has 1 aromatic rings. The summed E-state index contributed by atoms with van der Waals surface area (Å²) in [7, 11) is 0. The Kier molecular flexibility index (Phi) is 3.40. The average Bonchev–Trinajstić information content (AvgIpc) is 2.14. The van der Waals surface area contributed by atoms with Crippen molar-refractivity contribution >= 4 is 5.97 Å². The molecular formula is C11H12N2O2. The molecule has 1 rings (SSSR count). The summed E-state index contributed by atoms with van der Waals surface area (Å²) < 4.78 is 4.99. The molecular weight excluding hydrogens is 192 g/mol. The van der Waals surface area contributed by atoms with E-state index >= 15 is 0 Å². The first-order chi connectivity index (χ1) is 6.97. The van der Waals surface area contributed by atoms with Gasteiger partial charge in [-0.2, -0.15) is 0 Å². The highest BCUT2D eigenvalue weighted by Gasteiger charge is 2.14. The number of aromatic nitrogens is 2. The summed E-state index contributed by atoms with van der Waals surface area (Å²) in [5.41, 5.74) is -0.524. The van der Waals surface area contributed by atoms with Crippen molar-refractivity contribution in [2.45, 2.75) is 26.4 Å². The molecule has 0 bridgehead atoms. The van der Waals surface area contributed by atoms with E-state index in [0.717, 1.165) is 0 Å². The minimum absolute atomic E-state index is 0.309. The van der Waals surface area contributed by atoms with Crippen molar-refractivity contribution in [1.82, 2.24) is 9.97 Å². The topological polar surface area (TPSA) is 52.1 Å². The Morgan fingerprint density at radius 3 is 2.47 bits per heavy atom. The van der Waals surface area contributed by atoms with Crippen LogP contribution in [0.3, 0.4) is 0 Å². The third-order valence-corrected chi connectivity index (χ3v) is 1.24. The molecule has 1 heterocycles. The zero-order chi connectivity index (χ0) is 11.3. The second-order valence-electron chi connectivity index (χ2n) is 3.82. The average molecular weight is 204 g/mol. The maximum atomic E-state index is 11.2. The summed E-state index contributed by atoms with van der Waals surface area (Å²) in [5.74, 6) is 4.57. The smallest absolute Gasteiger partial charge is 0.385 e. The molecule has 0 unspecified atom stereocenters. The molecule has 4 nitrogen and oxygen atoms in total. The Labute approximate surface area is 88.7 Å². The number of esters is 1. The number of carbonyl (C=O) groups excluding carboxylic acids is 1. The van der Waals surface area contributed by atoms with Crippen LogP contribution in [0.15, 0.2) is 18.5 Å². The number of nitrogens with zero attached hydrogens (tertiary/aromatic N) is 2. The first-order valence-electron chi connectivity index (χ1n) is 4.49. The normalized spacial score (nSPS) is 10.1. The Bertz CT molecular complexity index is 396. The zero-order valence-corrected chi connectivity index (χ0v) is 8.94. The van der Waals surface area contributed by atoms with Crippen LogP contribution in [0.1, 0.15) is 26.6 Å². The van der Waals surface area contributed by atoms with Crippen LogP contribution in [0, 0.1) is 11.8 Å². The van der Waals surface area contributed by atoms with Gasteiger partial charge in [0.1, 0.15) is 5.60 Å². The van der Waals surface area contributed by atoms with E-state index in [1.54, 1.807) is 39.2 Å². The summed E-state index contributed by atoms with van der Waals surface area (Å²) in [6.07, 6.45) is 3.12. The van der Waals surface area contributed by atoms with Crippen LogP contribution in [0.5, 0.6) is 0 Å². The van der Waals surface area contributed by atoms with Crippen molar-refractivity contribution < 1.29 is 9.53 Å². The van der Waals surface area contributed by atoms with Crippen LogP contribution in [0.25, 0.3) is 0 Å². The summed E-state index contributed by atoms with van der Waals surface area (Å²) in [4.78, 5) is 18.9. The molecule has 0 aliphatic heterocycles. The predicted molar refractivity (Wildman–Crippen MR) is 54.8 cm³/mol. The standard InChI is InChI=1S/C11H12N2O2/c1-11(2,3)15-10(14)6-5-9-12-7-4-8-13-9/h4,7-8H,1-3H3. The third-order valence-electron chi connectivity index (χ3n) is 1.24. The molecule has 4 heteroatoms. The van der Waals surface area contributed by atoms with Crippen LogP contribution in [-0.4, -0.2) is 21.5 Å². The molecule has 78 valence electrons. The summed E-state index contributed by atoms with van der Waals surface area (Å²) in [5, 5.41) is 0.